The lowest BCUT2D eigenvalue weighted by molar-refractivity contribution is 0.857. The summed E-state index contributed by atoms with van der Waals surface area (Å²) in [5.41, 5.74) is 9.44. The number of hydrogen-bond acceptors (Lipinski definition) is 1. The van der Waals surface area contributed by atoms with Crippen molar-refractivity contribution in [3.63, 3.8) is 0 Å². The lowest BCUT2D eigenvalue weighted by atomic mass is 9.91. The molecular weight excluding hydrogens is 534 g/mol. The minimum absolute atomic E-state index is 0.221. The molecule has 0 bridgehead atoms. The van der Waals surface area contributed by atoms with Crippen molar-refractivity contribution in [3.8, 4) is 5.69 Å². The molecule has 1 aliphatic rings. The van der Waals surface area contributed by atoms with E-state index in [9.17, 15) is 0 Å². The van der Waals surface area contributed by atoms with Crippen LogP contribution in [-0.4, -0.2) is 15.0 Å². The number of rotatable bonds is 3. The number of hydrogen-bond donors (Lipinski definition) is 0. The van der Waals surface area contributed by atoms with E-state index in [-0.39, 0.29) is 5.92 Å². The number of fused-ring (bicyclic) bond motifs is 6. The van der Waals surface area contributed by atoms with Crippen LogP contribution < -0.4 is 0 Å². The van der Waals surface area contributed by atoms with Gasteiger partial charge in [0.2, 0.25) is 0 Å². The van der Waals surface area contributed by atoms with E-state index in [1.54, 1.807) is 0 Å². The van der Waals surface area contributed by atoms with E-state index in [0.29, 0.717) is 0 Å². The fourth-order valence-electron chi connectivity index (χ4n) is 7.06. The molecule has 0 N–H and O–H groups in total. The minimum atomic E-state index is 0.221. The standard InChI is InChI=1S/C41H29N3/c1-4-14-28(15-5-1)30-24-36(29-16-6-2-7-17-29)42-41(25-30)44-38-23-13-11-21-33(38)35-26-39-34(27-40(35)44)32-20-10-12-22-37(32)43(39)31-18-8-3-9-19-31/h1-24,26-27,30H,25H2. The van der Waals surface area contributed by atoms with Gasteiger partial charge in [-0.05, 0) is 47.5 Å². The second kappa shape index (κ2) is 9.96. The zero-order valence-corrected chi connectivity index (χ0v) is 24.1. The van der Waals surface area contributed by atoms with Crippen LogP contribution in [0, 0.1) is 0 Å². The average molecular weight is 564 g/mol. The Labute approximate surface area is 255 Å². The highest BCUT2D eigenvalue weighted by molar-refractivity contribution is 6.21. The maximum atomic E-state index is 5.40. The molecule has 1 unspecified atom stereocenters. The molecule has 0 fully saturated rings. The Bertz CT molecular complexity index is 2390. The van der Waals surface area contributed by atoms with Crippen LogP contribution >= 0.6 is 0 Å². The van der Waals surface area contributed by atoms with Gasteiger partial charge in [-0.15, -0.1) is 0 Å². The van der Waals surface area contributed by atoms with Gasteiger partial charge in [-0.1, -0.05) is 121 Å². The largest absolute Gasteiger partial charge is 0.309 e. The fourth-order valence-corrected chi connectivity index (χ4v) is 7.06. The summed E-state index contributed by atoms with van der Waals surface area (Å²) in [6.45, 7) is 0. The number of nitrogens with zero attached hydrogens (tertiary/aromatic N) is 3. The highest BCUT2D eigenvalue weighted by Crippen LogP contribution is 2.40. The molecule has 3 nitrogen and oxygen atoms in total. The van der Waals surface area contributed by atoms with Crippen molar-refractivity contribution in [1.29, 1.82) is 0 Å². The van der Waals surface area contributed by atoms with Gasteiger partial charge in [0.05, 0.1) is 27.8 Å². The van der Waals surface area contributed by atoms with Crippen molar-refractivity contribution in [2.75, 3.05) is 0 Å². The Morgan fingerprint density at radius 3 is 1.66 bits per heavy atom. The van der Waals surface area contributed by atoms with Gasteiger partial charge in [-0.3, -0.25) is 4.57 Å². The second-order valence-electron chi connectivity index (χ2n) is 11.6. The van der Waals surface area contributed by atoms with E-state index < -0.39 is 0 Å². The predicted octanol–water partition coefficient (Wildman–Crippen LogP) is 10.4. The molecular formula is C41H29N3. The van der Waals surface area contributed by atoms with Crippen molar-refractivity contribution < 1.29 is 0 Å². The van der Waals surface area contributed by atoms with Crippen LogP contribution in [0.4, 0.5) is 0 Å². The first-order valence-corrected chi connectivity index (χ1v) is 15.3. The van der Waals surface area contributed by atoms with Crippen LogP contribution in [0.25, 0.3) is 55.0 Å². The van der Waals surface area contributed by atoms with Crippen molar-refractivity contribution in [1.82, 2.24) is 9.13 Å². The molecule has 3 heterocycles. The Morgan fingerprint density at radius 1 is 0.477 bits per heavy atom. The zero-order chi connectivity index (χ0) is 29.0. The predicted molar refractivity (Wildman–Crippen MR) is 185 cm³/mol. The van der Waals surface area contributed by atoms with Crippen LogP contribution in [0.3, 0.4) is 0 Å². The number of para-hydroxylation sites is 3. The van der Waals surface area contributed by atoms with E-state index in [1.807, 2.05) is 0 Å². The van der Waals surface area contributed by atoms with E-state index in [2.05, 4.69) is 167 Å². The number of allylic oxidation sites excluding steroid dienone is 1. The number of aliphatic imine (C=N–C) groups is 1. The third-order valence-corrected chi connectivity index (χ3v) is 9.05. The third-order valence-electron chi connectivity index (χ3n) is 9.05. The van der Waals surface area contributed by atoms with Gasteiger partial charge in [0, 0.05) is 39.6 Å². The molecule has 0 amide bonds. The summed E-state index contributed by atoms with van der Waals surface area (Å²) in [6.07, 6.45) is 3.16. The summed E-state index contributed by atoms with van der Waals surface area (Å²) < 4.78 is 4.82. The average Bonchev–Trinajstić information content (AvgIpc) is 3.60. The van der Waals surface area contributed by atoms with Crippen molar-refractivity contribution >= 4 is 55.1 Å². The first-order valence-electron chi connectivity index (χ1n) is 15.3. The molecule has 44 heavy (non-hydrogen) atoms. The van der Waals surface area contributed by atoms with E-state index in [1.165, 1.54) is 54.9 Å². The van der Waals surface area contributed by atoms with E-state index in [0.717, 1.165) is 23.5 Å². The van der Waals surface area contributed by atoms with Gasteiger partial charge in [0.15, 0.2) is 0 Å². The molecule has 0 saturated heterocycles. The third kappa shape index (κ3) is 3.86. The molecule has 2 aromatic heterocycles. The molecule has 1 aliphatic heterocycles. The van der Waals surface area contributed by atoms with E-state index in [4.69, 9.17) is 4.99 Å². The summed E-state index contributed by atoms with van der Waals surface area (Å²) in [5.74, 6) is 1.29. The Hall–Kier alpha value is -5.67. The summed E-state index contributed by atoms with van der Waals surface area (Å²) in [4.78, 5) is 5.40. The Morgan fingerprint density at radius 2 is 1.00 bits per heavy atom. The highest BCUT2D eigenvalue weighted by atomic mass is 15.1. The molecule has 208 valence electrons. The Kier molecular flexibility index (Phi) is 5.63. The maximum absolute atomic E-state index is 5.40. The molecule has 1 atom stereocenters. The van der Waals surface area contributed by atoms with Gasteiger partial charge in [0.1, 0.15) is 5.84 Å². The molecule has 8 aromatic rings. The summed E-state index contributed by atoms with van der Waals surface area (Å²) in [7, 11) is 0. The maximum Gasteiger partial charge on any atom is 0.115 e. The van der Waals surface area contributed by atoms with Crippen molar-refractivity contribution in [3.05, 3.63) is 169 Å². The van der Waals surface area contributed by atoms with Crippen LogP contribution in [0.15, 0.2) is 163 Å². The number of benzene rings is 6. The van der Waals surface area contributed by atoms with Crippen LogP contribution in [0.1, 0.15) is 23.5 Å². The normalized spacial score (nSPS) is 15.2. The zero-order valence-electron chi connectivity index (χ0n) is 24.1. The van der Waals surface area contributed by atoms with E-state index >= 15 is 0 Å². The molecule has 0 saturated carbocycles. The first-order chi connectivity index (χ1) is 21.8. The molecule has 9 rings (SSSR count). The topological polar surface area (TPSA) is 22.2 Å². The fraction of sp³-hybridized carbons (Fsp3) is 0.0488. The van der Waals surface area contributed by atoms with Crippen LogP contribution in [-0.2, 0) is 0 Å². The SMILES string of the molecule is C1=C(c2ccccc2)N=C(n2c3ccccc3c3cc4c(cc32)c2ccccc2n4-c2ccccc2)CC1c1ccccc1. The van der Waals surface area contributed by atoms with Gasteiger partial charge in [-0.25, -0.2) is 4.99 Å². The van der Waals surface area contributed by atoms with Crippen LogP contribution in [0.2, 0.25) is 0 Å². The molecule has 0 radical (unpaired) electrons. The smallest absolute Gasteiger partial charge is 0.115 e. The Balaban J connectivity index is 1.34. The van der Waals surface area contributed by atoms with Gasteiger partial charge >= 0.3 is 0 Å². The van der Waals surface area contributed by atoms with Gasteiger partial charge in [-0.2, -0.15) is 0 Å². The summed E-state index contributed by atoms with van der Waals surface area (Å²) in [6, 6.07) is 54.4. The number of aromatic nitrogens is 2. The molecule has 3 heteroatoms. The lowest BCUT2D eigenvalue weighted by Crippen LogP contribution is -2.18. The molecule has 6 aromatic carbocycles. The second-order valence-corrected chi connectivity index (χ2v) is 11.6. The van der Waals surface area contributed by atoms with Crippen molar-refractivity contribution in [2.45, 2.75) is 12.3 Å². The summed E-state index contributed by atoms with van der Waals surface area (Å²) >= 11 is 0. The van der Waals surface area contributed by atoms with Gasteiger partial charge < -0.3 is 4.57 Å². The minimum Gasteiger partial charge on any atom is -0.309 e. The lowest BCUT2D eigenvalue weighted by Gasteiger charge is -2.23. The molecule has 0 spiro atoms. The van der Waals surface area contributed by atoms with Gasteiger partial charge in [0.25, 0.3) is 0 Å². The quantitative estimate of drug-likeness (QED) is 0.204. The molecule has 0 aliphatic carbocycles. The first kappa shape index (κ1) is 24.9. The summed E-state index contributed by atoms with van der Waals surface area (Å²) in [5, 5.41) is 4.98. The van der Waals surface area contributed by atoms with Crippen LogP contribution in [0.5, 0.6) is 0 Å². The monoisotopic (exact) mass is 563 g/mol. The van der Waals surface area contributed by atoms with Crippen molar-refractivity contribution in [2.24, 2.45) is 4.99 Å². The highest BCUT2D eigenvalue weighted by Gasteiger charge is 2.25.